The van der Waals surface area contributed by atoms with E-state index in [1.165, 1.54) is 18.3 Å². The SMILES string of the molecule is O=C(N/N=C\c1ccc(OC(=O)c2ccccc2Cl)cc1)c1ccc(O)cc1O. The highest BCUT2D eigenvalue weighted by atomic mass is 35.5. The fourth-order valence-corrected chi connectivity index (χ4v) is 2.56. The van der Waals surface area contributed by atoms with E-state index in [2.05, 4.69) is 10.5 Å². The number of halogens is 1. The molecule has 0 fully saturated rings. The van der Waals surface area contributed by atoms with Crippen LogP contribution in [0.3, 0.4) is 0 Å². The summed E-state index contributed by atoms with van der Waals surface area (Å²) in [5.74, 6) is -1.40. The third-order valence-corrected chi connectivity index (χ3v) is 4.12. The van der Waals surface area contributed by atoms with E-state index in [1.807, 2.05) is 0 Å². The summed E-state index contributed by atoms with van der Waals surface area (Å²) in [5.41, 5.74) is 3.15. The second kappa shape index (κ2) is 8.90. The van der Waals surface area contributed by atoms with Crippen molar-refractivity contribution in [1.29, 1.82) is 0 Å². The first-order valence-electron chi connectivity index (χ1n) is 8.36. The molecule has 3 N–H and O–H groups in total. The average molecular weight is 411 g/mol. The zero-order chi connectivity index (χ0) is 20.8. The summed E-state index contributed by atoms with van der Waals surface area (Å²) in [6.07, 6.45) is 1.38. The van der Waals surface area contributed by atoms with E-state index in [9.17, 15) is 19.8 Å². The van der Waals surface area contributed by atoms with Crippen molar-refractivity contribution in [3.8, 4) is 17.2 Å². The summed E-state index contributed by atoms with van der Waals surface area (Å²) in [4.78, 5) is 24.1. The largest absolute Gasteiger partial charge is 0.508 e. The minimum atomic E-state index is -0.635. The second-order valence-electron chi connectivity index (χ2n) is 5.84. The Balaban J connectivity index is 1.59. The Morgan fingerprint density at radius 2 is 1.69 bits per heavy atom. The van der Waals surface area contributed by atoms with Gasteiger partial charge in [0.25, 0.3) is 5.91 Å². The second-order valence-corrected chi connectivity index (χ2v) is 6.25. The van der Waals surface area contributed by atoms with Crippen molar-refractivity contribution in [3.63, 3.8) is 0 Å². The zero-order valence-corrected chi connectivity index (χ0v) is 15.6. The number of hydrazone groups is 1. The molecule has 0 bridgehead atoms. The van der Waals surface area contributed by atoms with Crippen LogP contribution in [0.1, 0.15) is 26.3 Å². The van der Waals surface area contributed by atoms with Crippen LogP contribution in [0.2, 0.25) is 5.02 Å². The van der Waals surface area contributed by atoms with Crippen molar-refractivity contribution in [3.05, 3.63) is 88.4 Å². The van der Waals surface area contributed by atoms with Crippen LogP contribution in [0.15, 0.2) is 71.8 Å². The van der Waals surface area contributed by atoms with Crippen molar-refractivity contribution in [2.24, 2.45) is 5.10 Å². The Hall–Kier alpha value is -3.84. The van der Waals surface area contributed by atoms with Crippen molar-refractivity contribution < 1.29 is 24.5 Å². The van der Waals surface area contributed by atoms with Gasteiger partial charge in [0.15, 0.2) is 0 Å². The molecule has 3 aromatic carbocycles. The molecule has 1 amide bonds. The first kappa shape index (κ1) is 19.9. The third-order valence-electron chi connectivity index (χ3n) is 3.79. The number of rotatable bonds is 5. The molecule has 7 nitrogen and oxygen atoms in total. The quantitative estimate of drug-likeness (QED) is 0.257. The molecular weight excluding hydrogens is 396 g/mol. The maximum atomic E-state index is 12.1. The molecule has 0 aliphatic rings. The van der Waals surface area contributed by atoms with E-state index >= 15 is 0 Å². The number of nitrogens with one attached hydrogen (secondary N) is 1. The molecule has 0 aromatic heterocycles. The van der Waals surface area contributed by atoms with E-state index in [4.69, 9.17) is 16.3 Å². The van der Waals surface area contributed by atoms with Gasteiger partial charge >= 0.3 is 5.97 Å². The van der Waals surface area contributed by atoms with Crippen LogP contribution >= 0.6 is 11.6 Å². The smallest absolute Gasteiger partial charge is 0.345 e. The van der Waals surface area contributed by atoms with Gasteiger partial charge < -0.3 is 14.9 Å². The summed E-state index contributed by atoms with van der Waals surface area (Å²) in [6, 6.07) is 16.6. The molecule has 0 aliphatic carbocycles. The topological polar surface area (TPSA) is 108 Å². The van der Waals surface area contributed by atoms with Crippen LogP contribution in [-0.2, 0) is 0 Å². The number of nitrogens with zero attached hydrogens (tertiary/aromatic N) is 1. The molecule has 0 aliphatic heterocycles. The Labute approximate surface area is 170 Å². The number of carbonyl (C=O) groups is 2. The molecule has 0 radical (unpaired) electrons. The van der Waals surface area contributed by atoms with Gasteiger partial charge in [-0.25, -0.2) is 10.2 Å². The number of amides is 1. The van der Waals surface area contributed by atoms with Crippen LogP contribution in [0, 0.1) is 0 Å². The van der Waals surface area contributed by atoms with Crippen LogP contribution in [-0.4, -0.2) is 28.3 Å². The highest BCUT2D eigenvalue weighted by Crippen LogP contribution is 2.22. The number of ether oxygens (including phenoxy) is 1. The van der Waals surface area contributed by atoms with Gasteiger partial charge in [-0.15, -0.1) is 0 Å². The summed E-state index contributed by atoms with van der Waals surface area (Å²) in [6.45, 7) is 0. The van der Waals surface area contributed by atoms with Crippen molar-refractivity contribution in [2.75, 3.05) is 0 Å². The van der Waals surface area contributed by atoms with Gasteiger partial charge in [-0.2, -0.15) is 5.10 Å². The molecule has 0 heterocycles. The molecule has 0 unspecified atom stereocenters. The molecule has 3 rings (SSSR count). The standard InChI is InChI=1S/C21H15ClN2O5/c22-18-4-2-1-3-16(18)21(28)29-15-8-5-13(6-9-15)12-23-24-20(27)17-10-7-14(25)11-19(17)26/h1-12,25-26H,(H,24,27)/b23-12-. The van der Waals surface area contributed by atoms with Crippen LogP contribution < -0.4 is 10.2 Å². The predicted molar refractivity (Wildman–Crippen MR) is 108 cm³/mol. The molecule has 0 saturated heterocycles. The number of carbonyl (C=O) groups excluding carboxylic acids is 2. The predicted octanol–water partition coefficient (Wildman–Crippen LogP) is 3.73. The van der Waals surface area contributed by atoms with Gasteiger partial charge in [-0.1, -0.05) is 23.7 Å². The molecule has 0 saturated carbocycles. The number of phenols is 2. The van der Waals surface area contributed by atoms with Crippen molar-refractivity contribution in [1.82, 2.24) is 5.43 Å². The van der Waals surface area contributed by atoms with E-state index in [0.29, 0.717) is 16.3 Å². The lowest BCUT2D eigenvalue weighted by atomic mass is 10.2. The fraction of sp³-hybridized carbons (Fsp3) is 0. The maximum absolute atomic E-state index is 12.1. The van der Waals surface area contributed by atoms with Gasteiger partial charge in [0.2, 0.25) is 0 Å². The van der Waals surface area contributed by atoms with Gasteiger partial charge in [-0.3, -0.25) is 4.79 Å². The molecule has 3 aromatic rings. The number of esters is 1. The van der Waals surface area contributed by atoms with Gasteiger partial charge in [0.1, 0.15) is 17.2 Å². The summed E-state index contributed by atoms with van der Waals surface area (Å²) in [7, 11) is 0. The normalized spacial score (nSPS) is 10.7. The highest BCUT2D eigenvalue weighted by Gasteiger charge is 2.12. The zero-order valence-electron chi connectivity index (χ0n) is 14.9. The maximum Gasteiger partial charge on any atom is 0.345 e. The molecule has 8 heteroatoms. The lowest BCUT2D eigenvalue weighted by Crippen LogP contribution is -2.17. The van der Waals surface area contributed by atoms with Crippen LogP contribution in [0.25, 0.3) is 0 Å². The molecule has 146 valence electrons. The number of benzene rings is 3. The Morgan fingerprint density at radius 3 is 2.38 bits per heavy atom. The third kappa shape index (κ3) is 5.12. The molecular formula is C21H15ClN2O5. The van der Waals surface area contributed by atoms with Crippen LogP contribution in [0.5, 0.6) is 17.2 Å². The number of aromatic hydroxyl groups is 2. The lowest BCUT2D eigenvalue weighted by molar-refractivity contribution is 0.0734. The van der Waals surface area contributed by atoms with Crippen molar-refractivity contribution >= 4 is 29.7 Å². The Morgan fingerprint density at radius 1 is 0.966 bits per heavy atom. The van der Waals surface area contributed by atoms with E-state index in [1.54, 1.807) is 48.5 Å². The first-order chi connectivity index (χ1) is 13.9. The lowest BCUT2D eigenvalue weighted by Gasteiger charge is -2.06. The van der Waals surface area contributed by atoms with Crippen LogP contribution in [0.4, 0.5) is 0 Å². The monoisotopic (exact) mass is 410 g/mol. The Kier molecular flexibility index (Phi) is 6.11. The molecule has 0 atom stereocenters. The van der Waals surface area contributed by atoms with Gasteiger partial charge in [0, 0.05) is 6.07 Å². The Bertz CT molecular complexity index is 1080. The van der Waals surface area contributed by atoms with Crippen molar-refractivity contribution in [2.45, 2.75) is 0 Å². The first-order valence-corrected chi connectivity index (χ1v) is 8.74. The number of hydrogen-bond acceptors (Lipinski definition) is 6. The van der Waals surface area contributed by atoms with Gasteiger partial charge in [-0.05, 0) is 54.1 Å². The summed E-state index contributed by atoms with van der Waals surface area (Å²) >= 11 is 5.97. The number of phenolic OH excluding ortho intramolecular Hbond substituents is 2. The summed E-state index contributed by atoms with van der Waals surface area (Å²) in [5, 5.41) is 23.0. The highest BCUT2D eigenvalue weighted by molar-refractivity contribution is 6.33. The summed E-state index contributed by atoms with van der Waals surface area (Å²) < 4.78 is 5.27. The van der Waals surface area contributed by atoms with Gasteiger partial charge in [0.05, 0.1) is 22.4 Å². The molecule has 29 heavy (non-hydrogen) atoms. The average Bonchev–Trinajstić information content (AvgIpc) is 2.69. The van der Waals surface area contributed by atoms with E-state index < -0.39 is 11.9 Å². The van der Waals surface area contributed by atoms with E-state index in [-0.39, 0.29) is 22.6 Å². The number of hydrogen-bond donors (Lipinski definition) is 3. The fourth-order valence-electron chi connectivity index (χ4n) is 2.35. The minimum Gasteiger partial charge on any atom is -0.508 e. The minimum absolute atomic E-state index is 0.0261. The molecule has 0 spiro atoms. The van der Waals surface area contributed by atoms with E-state index in [0.717, 1.165) is 6.07 Å².